The van der Waals surface area contributed by atoms with Gasteiger partial charge in [-0.3, -0.25) is 4.72 Å². The normalized spacial score (nSPS) is 11.3. The molecule has 1 aromatic heterocycles. The van der Waals surface area contributed by atoms with Crippen LogP contribution in [0.25, 0.3) is 10.4 Å². The number of sulfonamides is 1. The molecule has 2 aromatic carbocycles. The predicted octanol–water partition coefficient (Wildman–Crippen LogP) is 5.64. The topological polar surface area (TPSA) is 107 Å². The molecule has 0 aliphatic heterocycles. The van der Waals surface area contributed by atoms with E-state index in [9.17, 15) is 18.3 Å². The second-order valence-electron chi connectivity index (χ2n) is 7.32. The third-order valence-corrected chi connectivity index (χ3v) is 7.42. The largest absolute Gasteiger partial charge is 0.477 e. The summed E-state index contributed by atoms with van der Waals surface area (Å²) >= 11 is 6.99. The standard InChI is InChI=1S/C22H19ClN2O4S2/c1-13(2)9-14-3-6-16(7-4-14)19-11-18(21(30-19)22(26)27)25-31(28,29)20-10-15(12-24)5-8-17(20)23/h3-8,10-11,13,25H,9H2,1-2H3,(H,26,27). The quantitative estimate of drug-likeness (QED) is 0.460. The summed E-state index contributed by atoms with van der Waals surface area (Å²) in [5.74, 6) is -0.735. The van der Waals surface area contributed by atoms with Crippen LogP contribution in [0.15, 0.2) is 53.4 Å². The number of aromatic carboxylic acids is 1. The van der Waals surface area contributed by atoms with Gasteiger partial charge >= 0.3 is 5.97 Å². The highest BCUT2D eigenvalue weighted by atomic mass is 35.5. The minimum atomic E-state index is -4.21. The minimum Gasteiger partial charge on any atom is -0.477 e. The van der Waals surface area contributed by atoms with Gasteiger partial charge in [-0.25, -0.2) is 13.2 Å². The molecular formula is C22H19ClN2O4S2. The summed E-state index contributed by atoms with van der Waals surface area (Å²) in [6.45, 7) is 4.26. The van der Waals surface area contributed by atoms with E-state index in [1.807, 2.05) is 30.3 Å². The molecule has 0 saturated heterocycles. The molecule has 0 aliphatic carbocycles. The Bertz CT molecular complexity index is 1270. The second-order valence-corrected chi connectivity index (χ2v) is 10.4. The van der Waals surface area contributed by atoms with Gasteiger partial charge in [-0.1, -0.05) is 49.7 Å². The zero-order chi connectivity index (χ0) is 22.8. The van der Waals surface area contributed by atoms with Crippen molar-refractivity contribution in [2.45, 2.75) is 25.2 Å². The molecule has 9 heteroatoms. The maximum atomic E-state index is 12.9. The van der Waals surface area contributed by atoms with Crippen LogP contribution >= 0.6 is 22.9 Å². The van der Waals surface area contributed by atoms with Gasteiger partial charge in [0.05, 0.1) is 22.3 Å². The highest BCUT2D eigenvalue weighted by Crippen LogP contribution is 2.37. The lowest BCUT2D eigenvalue weighted by Crippen LogP contribution is -2.15. The average molecular weight is 475 g/mol. The minimum absolute atomic E-state index is 0.0582. The highest BCUT2D eigenvalue weighted by Gasteiger charge is 2.24. The summed E-state index contributed by atoms with van der Waals surface area (Å²) in [5, 5.41) is 18.5. The molecule has 0 bridgehead atoms. The van der Waals surface area contributed by atoms with E-state index >= 15 is 0 Å². The Morgan fingerprint density at radius 2 is 1.87 bits per heavy atom. The van der Waals surface area contributed by atoms with E-state index in [-0.39, 0.29) is 26.0 Å². The molecular weight excluding hydrogens is 456 g/mol. The first kappa shape index (κ1) is 22.8. The number of nitrogens with one attached hydrogen (secondary N) is 1. The van der Waals surface area contributed by atoms with Crippen molar-refractivity contribution in [3.8, 4) is 16.5 Å². The average Bonchev–Trinajstić information content (AvgIpc) is 3.11. The highest BCUT2D eigenvalue weighted by molar-refractivity contribution is 7.92. The van der Waals surface area contributed by atoms with Crippen molar-refractivity contribution >= 4 is 44.6 Å². The SMILES string of the molecule is CC(C)Cc1ccc(-c2cc(NS(=O)(=O)c3cc(C#N)ccc3Cl)c(C(=O)O)s2)cc1. The van der Waals surface area contributed by atoms with E-state index in [1.54, 1.807) is 0 Å². The summed E-state index contributed by atoms with van der Waals surface area (Å²) in [4.78, 5) is 11.9. The van der Waals surface area contributed by atoms with Gasteiger partial charge in [0.25, 0.3) is 10.0 Å². The molecule has 0 aliphatic rings. The molecule has 3 rings (SSSR count). The van der Waals surface area contributed by atoms with Crippen LogP contribution in [-0.4, -0.2) is 19.5 Å². The second kappa shape index (κ2) is 9.10. The molecule has 0 radical (unpaired) electrons. The number of anilines is 1. The molecule has 31 heavy (non-hydrogen) atoms. The molecule has 0 fully saturated rings. The van der Waals surface area contributed by atoms with Crippen LogP contribution in [0, 0.1) is 17.2 Å². The lowest BCUT2D eigenvalue weighted by Gasteiger charge is -2.09. The molecule has 0 saturated carbocycles. The van der Waals surface area contributed by atoms with E-state index in [1.165, 1.54) is 23.8 Å². The summed E-state index contributed by atoms with van der Waals surface area (Å²) in [6, 6.07) is 14.9. The van der Waals surface area contributed by atoms with Gasteiger partial charge in [0.1, 0.15) is 9.77 Å². The van der Waals surface area contributed by atoms with Crippen LogP contribution < -0.4 is 4.72 Å². The van der Waals surface area contributed by atoms with Crippen LogP contribution in [-0.2, 0) is 16.4 Å². The zero-order valence-corrected chi connectivity index (χ0v) is 19.1. The van der Waals surface area contributed by atoms with Crippen LogP contribution in [0.2, 0.25) is 5.02 Å². The number of hydrogen-bond donors (Lipinski definition) is 2. The summed E-state index contributed by atoms with van der Waals surface area (Å²) in [6.07, 6.45) is 0.929. The van der Waals surface area contributed by atoms with Gasteiger partial charge in [0.15, 0.2) is 0 Å². The number of carbonyl (C=O) groups is 1. The summed E-state index contributed by atoms with van der Waals surface area (Å²) in [7, 11) is -4.21. The van der Waals surface area contributed by atoms with Gasteiger partial charge in [-0.15, -0.1) is 11.3 Å². The van der Waals surface area contributed by atoms with Gasteiger partial charge in [0.2, 0.25) is 0 Å². The van der Waals surface area contributed by atoms with Crippen LogP contribution in [0.5, 0.6) is 0 Å². The van der Waals surface area contributed by atoms with Crippen molar-refractivity contribution in [2.24, 2.45) is 5.92 Å². The molecule has 2 N–H and O–H groups in total. The monoisotopic (exact) mass is 474 g/mol. The van der Waals surface area contributed by atoms with Crippen molar-refractivity contribution < 1.29 is 18.3 Å². The number of thiophene rings is 1. The van der Waals surface area contributed by atoms with E-state index in [0.29, 0.717) is 10.8 Å². The molecule has 0 amide bonds. The van der Waals surface area contributed by atoms with Crippen LogP contribution in [0.3, 0.4) is 0 Å². The number of rotatable bonds is 7. The summed E-state index contributed by atoms with van der Waals surface area (Å²) in [5.41, 5.74) is 2.02. The van der Waals surface area contributed by atoms with E-state index in [4.69, 9.17) is 16.9 Å². The number of nitriles is 1. The first-order chi connectivity index (χ1) is 14.6. The molecule has 6 nitrogen and oxygen atoms in total. The molecule has 160 valence electrons. The maximum Gasteiger partial charge on any atom is 0.348 e. The van der Waals surface area contributed by atoms with Gasteiger partial charge in [0, 0.05) is 4.88 Å². The third kappa shape index (κ3) is 5.25. The molecule has 1 heterocycles. The molecule has 0 spiro atoms. The fraction of sp³-hybridized carbons (Fsp3) is 0.182. The predicted molar refractivity (Wildman–Crippen MR) is 122 cm³/mol. The molecule has 0 atom stereocenters. The Kier molecular flexibility index (Phi) is 6.70. The van der Waals surface area contributed by atoms with Crippen molar-refractivity contribution in [2.75, 3.05) is 4.72 Å². The molecule has 3 aromatic rings. The number of nitrogens with zero attached hydrogens (tertiary/aromatic N) is 1. The third-order valence-electron chi connectivity index (χ3n) is 4.40. The van der Waals surface area contributed by atoms with E-state index in [0.717, 1.165) is 29.4 Å². The smallest absolute Gasteiger partial charge is 0.348 e. The van der Waals surface area contributed by atoms with Crippen LogP contribution in [0.4, 0.5) is 5.69 Å². The number of benzene rings is 2. The van der Waals surface area contributed by atoms with Crippen molar-refractivity contribution in [3.63, 3.8) is 0 Å². The lowest BCUT2D eigenvalue weighted by molar-refractivity contribution is 0.0703. The Balaban J connectivity index is 1.98. The number of hydrogen-bond acceptors (Lipinski definition) is 5. The Hall–Kier alpha value is -2.86. The van der Waals surface area contributed by atoms with Gasteiger partial charge in [-0.05, 0) is 47.7 Å². The van der Waals surface area contributed by atoms with E-state index in [2.05, 4.69) is 18.6 Å². The number of halogens is 1. The zero-order valence-electron chi connectivity index (χ0n) is 16.7. The Labute approximate surface area is 189 Å². The maximum absolute atomic E-state index is 12.9. The first-order valence-corrected chi connectivity index (χ1v) is 12.0. The first-order valence-electron chi connectivity index (χ1n) is 9.29. The lowest BCUT2D eigenvalue weighted by atomic mass is 10.0. The number of carboxylic acid groups (broad SMARTS) is 1. The van der Waals surface area contributed by atoms with Gasteiger partial charge in [-0.2, -0.15) is 5.26 Å². The van der Waals surface area contributed by atoms with E-state index < -0.39 is 16.0 Å². The fourth-order valence-electron chi connectivity index (χ4n) is 3.02. The fourth-order valence-corrected chi connectivity index (χ4v) is 5.64. The van der Waals surface area contributed by atoms with Crippen molar-refractivity contribution in [1.29, 1.82) is 5.26 Å². The van der Waals surface area contributed by atoms with Crippen LogP contribution in [0.1, 0.15) is 34.6 Å². The molecule has 0 unspecified atom stereocenters. The Morgan fingerprint density at radius 1 is 1.19 bits per heavy atom. The number of carboxylic acids is 1. The van der Waals surface area contributed by atoms with Crippen molar-refractivity contribution in [1.82, 2.24) is 0 Å². The van der Waals surface area contributed by atoms with Gasteiger partial charge < -0.3 is 5.11 Å². The van der Waals surface area contributed by atoms with Crippen molar-refractivity contribution in [3.05, 3.63) is 69.6 Å². The Morgan fingerprint density at radius 3 is 2.45 bits per heavy atom. The summed E-state index contributed by atoms with van der Waals surface area (Å²) < 4.78 is 28.0.